The van der Waals surface area contributed by atoms with Crippen LogP contribution in [0.4, 0.5) is 0 Å². The van der Waals surface area contributed by atoms with E-state index in [2.05, 4.69) is 10.6 Å². The Balaban J connectivity index is 2.29. The molecule has 0 saturated carbocycles. The number of carbonyl (C=O) groups is 1. The van der Waals surface area contributed by atoms with Crippen molar-refractivity contribution in [2.45, 2.75) is 25.2 Å². The molecule has 1 amide bonds. The van der Waals surface area contributed by atoms with Crippen molar-refractivity contribution < 1.29 is 13.2 Å². The third-order valence-electron chi connectivity index (χ3n) is 2.84. The van der Waals surface area contributed by atoms with Crippen LogP contribution in [0.25, 0.3) is 0 Å². The van der Waals surface area contributed by atoms with Crippen LogP contribution < -0.4 is 15.8 Å². The minimum atomic E-state index is -3.64. The van der Waals surface area contributed by atoms with Crippen molar-refractivity contribution >= 4 is 15.9 Å². The van der Waals surface area contributed by atoms with E-state index in [9.17, 15) is 13.2 Å². The van der Waals surface area contributed by atoms with Crippen LogP contribution in [0, 0.1) is 5.92 Å². The molecule has 0 aliphatic carbocycles. The number of rotatable bonds is 8. The Bertz CT molecular complexity index is 553. The van der Waals surface area contributed by atoms with Crippen LogP contribution in [0.3, 0.4) is 0 Å². The van der Waals surface area contributed by atoms with E-state index in [1.807, 2.05) is 13.8 Å². The Morgan fingerprint density at radius 2 is 1.86 bits per heavy atom. The van der Waals surface area contributed by atoms with Gasteiger partial charge in [-0.05, 0) is 36.6 Å². The van der Waals surface area contributed by atoms with Crippen LogP contribution in [0.1, 0.15) is 19.4 Å². The van der Waals surface area contributed by atoms with Crippen LogP contribution >= 0.6 is 0 Å². The highest BCUT2D eigenvalue weighted by Gasteiger charge is 2.06. The minimum Gasteiger partial charge on any atom is -0.355 e. The quantitative estimate of drug-likeness (QED) is 0.598. The second-order valence-electron chi connectivity index (χ2n) is 5.31. The van der Waals surface area contributed by atoms with E-state index in [0.29, 0.717) is 25.4 Å². The number of carbonyl (C=O) groups excluding carboxylic acids is 1. The molecule has 0 heterocycles. The zero-order chi connectivity index (χ0) is 15.9. The largest absolute Gasteiger partial charge is 0.355 e. The van der Waals surface area contributed by atoms with Gasteiger partial charge in [0.25, 0.3) is 0 Å². The van der Waals surface area contributed by atoms with Gasteiger partial charge in [-0.3, -0.25) is 4.79 Å². The molecule has 7 heteroatoms. The molecule has 0 saturated heterocycles. The molecule has 21 heavy (non-hydrogen) atoms. The van der Waals surface area contributed by atoms with Gasteiger partial charge < -0.3 is 10.6 Å². The van der Waals surface area contributed by atoms with Crippen LogP contribution in [0.5, 0.6) is 0 Å². The molecule has 0 fully saturated rings. The van der Waals surface area contributed by atoms with Gasteiger partial charge in [-0.15, -0.1) is 0 Å². The first-order valence-corrected chi connectivity index (χ1v) is 8.43. The highest BCUT2D eigenvalue weighted by molar-refractivity contribution is 7.89. The van der Waals surface area contributed by atoms with E-state index in [0.717, 1.165) is 5.56 Å². The van der Waals surface area contributed by atoms with Crippen LogP contribution in [0.15, 0.2) is 29.2 Å². The Morgan fingerprint density at radius 3 is 2.38 bits per heavy atom. The Hall–Kier alpha value is -1.44. The molecule has 1 aromatic carbocycles. The molecule has 0 aromatic heterocycles. The topological polar surface area (TPSA) is 101 Å². The monoisotopic (exact) mass is 313 g/mol. The summed E-state index contributed by atoms with van der Waals surface area (Å²) in [6.45, 7) is 5.68. The summed E-state index contributed by atoms with van der Waals surface area (Å²) in [5.41, 5.74) is 0.984. The molecular weight excluding hydrogens is 290 g/mol. The third-order valence-corrected chi connectivity index (χ3v) is 3.76. The van der Waals surface area contributed by atoms with Crippen LogP contribution in [0.2, 0.25) is 0 Å². The third kappa shape index (κ3) is 7.22. The van der Waals surface area contributed by atoms with Crippen molar-refractivity contribution in [3.8, 4) is 0 Å². The Morgan fingerprint density at radius 1 is 1.24 bits per heavy atom. The standard InChI is InChI=1S/C14H23N3O3S/c1-11(2)9-17-14(18)10-16-8-7-12-3-5-13(6-4-12)21(15,19)20/h3-6,11,16H,7-10H2,1-2H3,(H,17,18)(H2,15,19,20). The molecule has 0 aliphatic rings. The van der Waals surface area contributed by atoms with Crippen LogP contribution in [-0.2, 0) is 21.2 Å². The molecule has 6 nitrogen and oxygen atoms in total. The molecule has 4 N–H and O–H groups in total. The first kappa shape index (κ1) is 17.6. The van der Waals surface area contributed by atoms with Crippen molar-refractivity contribution in [2.24, 2.45) is 11.1 Å². The molecule has 0 atom stereocenters. The lowest BCUT2D eigenvalue weighted by Gasteiger charge is -2.08. The lowest BCUT2D eigenvalue weighted by Crippen LogP contribution is -2.36. The van der Waals surface area contributed by atoms with Gasteiger partial charge >= 0.3 is 0 Å². The SMILES string of the molecule is CC(C)CNC(=O)CNCCc1ccc(S(N)(=O)=O)cc1. The second-order valence-corrected chi connectivity index (χ2v) is 6.88. The van der Waals surface area contributed by atoms with E-state index in [1.165, 1.54) is 12.1 Å². The zero-order valence-electron chi connectivity index (χ0n) is 12.4. The van der Waals surface area contributed by atoms with E-state index in [4.69, 9.17) is 5.14 Å². The van der Waals surface area contributed by atoms with Gasteiger partial charge in [0.1, 0.15) is 0 Å². The van der Waals surface area contributed by atoms with Gasteiger partial charge in [-0.2, -0.15) is 0 Å². The summed E-state index contributed by atoms with van der Waals surface area (Å²) in [6, 6.07) is 6.42. The highest BCUT2D eigenvalue weighted by Crippen LogP contribution is 2.08. The molecule has 0 unspecified atom stereocenters. The fourth-order valence-electron chi connectivity index (χ4n) is 1.66. The zero-order valence-corrected chi connectivity index (χ0v) is 13.2. The summed E-state index contributed by atoms with van der Waals surface area (Å²) in [6.07, 6.45) is 0.711. The number of sulfonamides is 1. The van der Waals surface area contributed by atoms with Crippen LogP contribution in [-0.4, -0.2) is 34.0 Å². The fraction of sp³-hybridized carbons (Fsp3) is 0.500. The van der Waals surface area contributed by atoms with Gasteiger partial charge in [0, 0.05) is 6.54 Å². The molecule has 1 rings (SSSR count). The Labute approximate surface area is 126 Å². The second kappa shape index (κ2) is 8.11. The van der Waals surface area contributed by atoms with E-state index < -0.39 is 10.0 Å². The maximum Gasteiger partial charge on any atom is 0.238 e. The number of nitrogens with one attached hydrogen (secondary N) is 2. The summed E-state index contributed by atoms with van der Waals surface area (Å²) in [4.78, 5) is 11.6. The van der Waals surface area contributed by atoms with Crippen molar-refractivity contribution in [2.75, 3.05) is 19.6 Å². The number of primary sulfonamides is 1. The predicted molar refractivity (Wildman–Crippen MR) is 82.2 cm³/mol. The molecule has 1 aromatic rings. The smallest absolute Gasteiger partial charge is 0.238 e. The molecule has 0 spiro atoms. The average molecular weight is 313 g/mol. The number of amides is 1. The summed E-state index contributed by atoms with van der Waals surface area (Å²) in [7, 11) is -3.64. The lowest BCUT2D eigenvalue weighted by atomic mass is 10.1. The number of benzene rings is 1. The molecule has 0 radical (unpaired) electrons. The highest BCUT2D eigenvalue weighted by atomic mass is 32.2. The number of hydrogen-bond acceptors (Lipinski definition) is 4. The van der Waals surface area contributed by atoms with Gasteiger partial charge in [-0.1, -0.05) is 26.0 Å². The summed E-state index contributed by atoms with van der Waals surface area (Å²) >= 11 is 0. The minimum absolute atomic E-state index is 0.0201. The van der Waals surface area contributed by atoms with Crippen molar-refractivity contribution in [1.82, 2.24) is 10.6 Å². The maximum absolute atomic E-state index is 11.5. The molecule has 0 aliphatic heterocycles. The van der Waals surface area contributed by atoms with E-state index in [1.54, 1.807) is 12.1 Å². The maximum atomic E-state index is 11.5. The summed E-state index contributed by atoms with van der Waals surface area (Å²) in [5.74, 6) is 0.416. The van der Waals surface area contributed by atoms with Gasteiger partial charge in [0.2, 0.25) is 15.9 Å². The van der Waals surface area contributed by atoms with Gasteiger partial charge in [0.15, 0.2) is 0 Å². The first-order valence-electron chi connectivity index (χ1n) is 6.88. The van der Waals surface area contributed by atoms with Gasteiger partial charge in [0.05, 0.1) is 11.4 Å². The van der Waals surface area contributed by atoms with Gasteiger partial charge in [-0.25, -0.2) is 13.6 Å². The fourth-order valence-corrected chi connectivity index (χ4v) is 2.18. The normalized spacial score (nSPS) is 11.6. The number of nitrogens with two attached hydrogens (primary N) is 1. The molecule has 118 valence electrons. The van der Waals surface area contributed by atoms with Crippen molar-refractivity contribution in [3.63, 3.8) is 0 Å². The molecule has 0 bridgehead atoms. The summed E-state index contributed by atoms with van der Waals surface area (Å²) < 4.78 is 22.2. The van der Waals surface area contributed by atoms with Crippen molar-refractivity contribution in [3.05, 3.63) is 29.8 Å². The number of hydrogen-bond donors (Lipinski definition) is 3. The lowest BCUT2D eigenvalue weighted by molar-refractivity contribution is -0.120. The Kier molecular flexibility index (Phi) is 6.80. The van der Waals surface area contributed by atoms with E-state index in [-0.39, 0.29) is 17.3 Å². The summed E-state index contributed by atoms with van der Waals surface area (Å²) in [5, 5.41) is 10.9. The molecular formula is C14H23N3O3S. The van der Waals surface area contributed by atoms with E-state index >= 15 is 0 Å². The van der Waals surface area contributed by atoms with Crippen molar-refractivity contribution in [1.29, 1.82) is 0 Å². The predicted octanol–water partition coefficient (Wildman–Crippen LogP) is 0.238. The average Bonchev–Trinajstić information content (AvgIpc) is 2.41. The first-order chi connectivity index (χ1) is 9.79.